The van der Waals surface area contributed by atoms with Gasteiger partial charge in [-0.05, 0) is 62.9 Å². The molecule has 1 aliphatic carbocycles. The topological polar surface area (TPSA) is 73.9 Å². The van der Waals surface area contributed by atoms with Crippen LogP contribution >= 0.6 is 20.8 Å². The molecule has 234 valence electrons. The second-order valence-corrected chi connectivity index (χ2v) is 13.6. The Hall–Kier alpha value is -3.70. The van der Waals surface area contributed by atoms with Gasteiger partial charge in [0.25, 0.3) is 0 Å². The predicted octanol–water partition coefficient (Wildman–Crippen LogP) is 8.38. The molecule has 0 heterocycles. The van der Waals surface area contributed by atoms with E-state index < -0.39 is 35.2 Å². The van der Waals surface area contributed by atoms with Gasteiger partial charge < -0.3 is 19.5 Å². The van der Waals surface area contributed by atoms with Crippen molar-refractivity contribution in [2.75, 3.05) is 6.61 Å². The van der Waals surface area contributed by atoms with Crippen LogP contribution in [0.2, 0.25) is 5.02 Å². The lowest BCUT2D eigenvalue weighted by Gasteiger charge is -2.35. The highest BCUT2D eigenvalue weighted by Gasteiger charge is 2.41. The molecule has 6 nitrogen and oxygen atoms in total. The van der Waals surface area contributed by atoms with Gasteiger partial charge >= 0.3 is 12.1 Å². The fraction of sp³-hybridized carbons (Fsp3) is 0.297. The maximum Gasteiger partial charge on any atom is 0.407 e. The zero-order valence-electron chi connectivity index (χ0n) is 26.2. The average Bonchev–Trinajstić information content (AvgIpc) is 3.32. The van der Waals surface area contributed by atoms with Crippen LogP contribution in [0.25, 0.3) is 11.1 Å². The Balaban J connectivity index is 1.40. The first kappa shape index (κ1) is 32.7. The van der Waals surface area contributed by atoms with Crippen molar-refractivity contribution in [3.63, 3.8) is 0 Å². The molecule has 8 heteroatoms. The van der Waals surface area contributed by atoms with Gasteiger partial charge in [0.15, 0.2) is 11.4 Å². The number of rotatable bonds is 9. The number of aryl methyl sites for hydroxylation is 1. The van der Waals surface area contributed by atoms with Gasteiger partial charge in [0.1, 0.15) is 6.61 Å². The summed E-state index contributed by atoms with van der Waals surface area (Å²) < 4.78 is 18.2. The first-order chi connectivity index (χ1) is 21.4. The Morgan fingerprint density at radius 1 is 0.867 bits per heavy atom. The van der Waals surface area contributed by atoms with Gasteiger partial charge in [0.05, 0.1) is 11.7 Å². The number of benzene rings is 4. The summed E-state index contributed by atoms with van der Waals surface area (Å²) >= 11 is 6.64. The lowest BCUT2D eigenvalue weighted by atomic mass is 9.98. The lowest BCUT2D eigenvalue weighted by Crippen LogP contribution is -2.52. The van der Waals surface area contributed by atoms with E-state index in [0.717, 1.165) is 27.8 Å². The van der Waals surface area contributed by atoms with Crippen molar-refractivity contribution in [2.45, 2.75) is 63.6 Å². The highest BCUT2D eigenvalue weighted by Crippen LogP contribution is 2.45. The van der Waals surface area contributed by atoms with Crippen molar-refractivity contribution in [3.8, 4) is 11.1 Å². The van der Waals surface area contributed by atoms with E-state index in [-0.39, 0.29) is 12.5 Å². The van der Waals surface area contributed by atoms with Crippen LogP contribution in [0, 0.1) is 6.92 Å². The van der Waals surface area contributed by atoms with E-state index >= 15 is 0 Å². The van der Waals surface area contributed by atoms with Crippen LogP contribution in [-0.4, -0.2) is 36.4 Å². The Kier molecular flexibility index (Phi) is 9.69. The van der Waals surface area contributed by atoms with Crippen molar-refractivity contribution in [1.29, 1.82) is 0 Å². The van der Waals surface area contributed by atoms with Crippen molar-refractivity contribution in [1.82, 2.24) is 5.32 Å². The summed E-state index contributed by atoms with van der Waals surface area (Å²) in [7, 11) is 2.65. The quantitative estimate of drug-likeness (QED) is 0.147. The number of ether oxygens (including phenoxy) is 3. The number of alkyl carbamates (subject to hydrolysis) is 1. The van der Waals surface area contributed by atoms with E-state index in [1.54, 1.807) is 13.0 Å². The van der Waals surface area contributed by atoms with Gasteiger partial charge in [0, 0.05) is 22.1 Å². The largest absolute Gasteiger partial charge is 0.449 e. The van der Waals surface area contributed by atoms with Crippen LogP contribution in [0.4, 0.5) is 4.79 Å². The van der Waals surface area contributed by atoms with E-state index in [1.165, 1.54) is 0 Å². The molecule has 45 heavy (non-hydrogen) atoms. The minimum atomic E-state index is -1.34. The molecule has 0 saturated heterocycles. The van der Waals surface area contributed by atoms with Crippen LogP contribution < -0.4 is 5.32 Å². The first-order valence-electron chi connectivity index (χ1n) is 15.0. The van der Waals surface area contributed by atoms with Crippen molar-refractivity contribution in [2.24, 2.45) is 0 Å². The summed E-state index contributed by atoms with van der Waals surface area (Å²) in [5.74, 6) is -0.825. The third kappa shape index (κ3) is 7.25. The average molecular weight is 644 g/mol. The van der Waals surface area contributed by atoms with Crippen LogP contribution in [0.5, 0.6) is 0 Å². The van der Waals surface area contributed by atoms with E-state index in [2.05, 4.69) is 38.8 Å². The molecule has 1 amide bonds. The van der Waals surface area contributed by atoms with E-state index in [1.807, 2.05) is 94.4 Å². The van der Waals surface area contributed by atoms with Gasteiger partial charge in [-0.25, -0.2) is 9.59 Å². The standard InChI is InChI=1S/C37H39ClNO5P/c1-23-18-20-25(21-19-23)37(45,31-16-10-11-17-32(31)38)44-34(40)33(24(2)43-36(3,4)5)39-35(41)42-22-30-28-14-8-6-12-26(28)27-13-7-9-15-29(27)30/h6-21,24,30,33H,22,45H2,1-5H3,(H,39,41)/t24-,33+,37?/m0/s1. The summed E-state index contributed by atoms with van der Waals surface area (Å²) in [4.78, 5) is 27.5. The van der Waals surface area contributed by atoms with Gasteiger partial charge in [0.2, 0.25) is 0 Å². The molecule has 4 aromatic carbocycles. The Labute approximate surface area is 272 Å². The number of carbonyl (C=O) groups is 2. The molecule has 4 atom stereocenters. The van der Waals surface area contributed by atoms with E-state index in [9.17, 15) is 9.59 Å². The fourth-order valence-corrected chi connectivity index (χ4v) is 6.74. The molecular weight excluding hydrogens is 605 g/mol. The molecule has 0 aromatic heterocycles. The van der Waals surface area contributed by atoms with Crippen LogP contribution in [-0.2, 0) is 24.3 Å². The van der Waals surface area contributed by atoms with Crippen LogP contribution in [0.1, 0.15) is 61.4 Å². The fourth-order valence-electron chi connectivity index (χ4n) is 5.82. The Bertz CT molecular complexity index is 1640. The molecule has 0 bridgehead atoms. The molecule has 0 saturated carbocycles. The molecule has 0 spiro atoms. The number of nitrogens with one attached hydrogen (secondary N) is 1. The van der Waals surface area contributed by atoms with Crippen molar-refractivity contribution >= 4 is 32.9 Å². The van der Waals surface area contributed by atoms with Crippen molar-refractivity contribution in [3.05, 3.63) is 130 Å². The SMILES string of the molecule is Cc1ccc(C(P)(OC(=O)[C@H](NC(=O)OCC2c3ccccc3-c3ccccc32)[C@H](C)OC(C)(C)C)c2ccccc2Cl)cc1. The summed E-state index contributed by atoms with van der Waals surface area (Å²) in [6.07, 6.45) is -1.50. The normalized spacial score (nSPS) is 15.3. The summed E-state index contributed by atoms with van der Waals surface area (Å²) in [6.45, 7) is 9.47. The number of esters is 1. The third-order valence-corrected chi connectivity index (χ3v) is 8.99. The molecule has 0 aliphatic heterocycles. The third-order valence-electron chi connectivity index (χ3n) is 7.90. The Morgan fingerprint density at radius 3 is 2.00 bits per heavy atom. The molecule has 1 aliphatic rings. The summed E-state index contributed by atoms with van der Waals surface area (Å²) in [5.41, 5.74) is 6.18. The highest BCUT2D eigenvalue weighted by atomic mass is 35.5. The smallest absolute Gasteiger partial charge is 0.407 e. The molecular formula is C37H39ClNO5P. The van der Waals surface area contributed by atoms with E-state index in [0.29, 0.717) is 16.1 Å². The Morgan fingerprint density at radius 2 is 1.42 bits per heavy atom. The number of halogens is 1. The molecule has 5 rings (SSSR count). The van der Waals surface area contributed by atoms with Gasteiger partial charge in [-0.3, -0.25) is 0 Å². The molecule has 0 radical (unpaired) electrons. The van der Waals surface area contributed by atoms with Gasteiger partial charge in [-0.15, -0.1) is 0 Å². The summed E-state index contributed by atoms with van der Waals surface area (Å²) in [5, 5.41) is 1.85. The monoisotopic (exact) mass is 643 g/mol. The number of fused-ring (bicyclic) bond motifs is 3. The lowest BCUT2D eigenvalue weighted by molar-refractivity contribution is -0.159. The zero-order valence-corrected chi connectivity index (χ0v) is 28.1. The van der Waals surface area contributed by atoms with Crippen LogP contribution in [0.3, 0.4) is 0 Å². The van der Waals surface area contributed by atoms with Crippen LogP contribution in [0.15, 0.2) is 97.1 Å². The van der Waals surface area contributed by atoms with Gasteiger partial charge in [-0.2, -0.15) is 0 Å². The minimum absolute atomic E-state index is 0.104. The number of carbonyl (C=O) groups excluding carboxylic acids is 2. The molecule has 2 unspecified atom stereocenters. The first-order valence-corrected chi connectivity index (χ1v) is 16.0. The van der Waals surface area contributed by atoms with Crippen molar-refractivity contribution < 1.29 is 23.8 Å². The number of hydrogen-bond acceptors (Lipinski definition) is 5. The van der Waals surface area contributed by atoms with Gasteiger partial charge in [-0.1, -0.05) is 117 Å². The molecule has 1 N–H and O–H groups in total. The second kappa shape index (κ2) is 13.3. The summed E-state index contributed by atoms with van der Waals surface area (Å²) in [6, 6.07) is 29.9. The van der Waals surface area contributed by atoms with E-state index in [4.69, 9.17) is 25.8 Å². The molecule has 0 fully saturated rings. The minimum Gasteiger partial charge on any atom is -0.449 e. The predicted molar refractivity (Wildman–Crippen MR) is 182 cm³/mol. The highest BCUT2D eigenvalue weighted by molar-refractivity contribution is 7.18. The second-order valence-electron chi connectivity index (χ2n) is 12.4. The number of amides is 1. The maximum atomic E-state index is 14.1. The molecule has 4 aromatic rings. The maximum absolute atomic E-state index is 14.1. The zero-order chi connectivity index (χ0) is 32.4. The number of hydrogen-bond donors (Lipinski definition) is 1.